The summed E-state index contributed by atoms with van der Waals surface area (Å²) in [6.07, 6.45) is -7.37. The number of primary amides is 1. The Hall–Kier alpha value is -2.52. The molecule has 0 aliphatic heterocycles. The highest BCUT2D eigenvalue weighted by molar-refractivity contribution is 5.85. The van der Waals surface area contributed by atoms with E-state index in [1.54, 1.807) is 14.1 Å². The predicted octanol–water partition coefficient (Wildman–Crippen LogP) is 2.47. The van der Waals surface area contributed by atoms with Crippen LogP contribution in [-0.2, 0) is 4.79 Å². The Kier molecular flexibility index (Phi) is 6.60. The van der Waals surface area contributed by atoms with Crippen molar-refractivity contribution in [3.63, 3.8) is 0 Å². The van der Waals surface area contributed by atoms with Crippen LogP contribution in [0.3, 0.4) is 0 Å². The Morgan fingerprint density at radius 2 is 1.72 bits per heavy atom. The van der Waals surface area contributed by atoms with Gasteiger partial charge in [-0.1, -0.05) is 0 Å². The third kappa shape index (κ3) is 4.74. The lowest BCUT2D eigenvalue weighted by Gasteiger charge is -2.27. The quantitative estimate of drug-likeness (QED) is 0.621. The normalized spacial score (nSPS) is 13.3. The molecule has 2 amide bonds. The van der Waals surface area contributed by atoms with Crippen LogP contribution in [-0.4, -0.2) is 50.8 Å². The van der Waals surface area contributed by atoms with E-state index in [9.17, 15) is 27.2 Å². The lowest BCUT2D eigenvalue weighted by molar-refractivity contribution is -0.143. The molecular weight excluding hydrogens is 346 g/mol. The molecule has 0 radical (unpaired) electrons. The number of nitrogens with zero attached hydrogens (tertiary/aromatic N) is 2. The number of halogens is 4. The molecule has 0 saturated carbocycles. The number of carbonyl (C=O) groups excluding carboxylic acids is 2. The van der Waals surface area contributed by atoms with Crippen molar-refractivity contribution in [3.05, 3.63) is 23.5 Å². The van der Waals surface area contributed by atoms with Gasteiger partial charge < -0.3 is 20.3 Å². The first kappa shape index (κ1) is 20.5. The van der Waals surface area contributed by atoms with Crippen LogP contribution in [0, 0.1) is 5.82 Å². The minimum atomic E-state index is -3.36. The Balaban J connectivity index is 3.28. The number of carbonyl (C=O) groups is 2. The number of nitrogens with two attached hydrogens (primary N) is 1. The molecule has 2 atom stereocenters. The second kappa shape index (κ2) is 8.04. The highest BCUT2D eigenvalue weighted by atomic mass is 19.3. The summed E-state index contributed by atoms with van der Waals surface area (Å²) in [5, 5.41) is 0. The average molecular weight is 365 g/mol. The van der Waals surface area contributed by atoms with Gasteiger partial charge >= 0.3 is 6.09 Å². The molecule has 0 aromatic heterocycles. The second-order valence-corrected chi connectivity index (χ2v) is 5.53. The fourth-order valence-corrected chi connectivity index (χ4v) is 2.21. The van der Waals surface area contributed by atoms with Crippen molar-refractivity contribution in [1.29, 1.82) is 0 Å². The third-order valence-corrected chi connectivity index (χ3v) is 3.54. The smallest absolute Gasteiger partial charge is 0.407 e. The summed E-state index contributed by atoms with van der Waals surface area (Å²) < 4.78 is 56.9. The van der Waals surface area contributed by atoms with E-state index in [0.717, 1.165) is 19.2 Å². The number of benzene rings is 1. The van der Waals surface area contributed by atoms with E-state index >= 15 is 0 Å². The van der Waals surface area contributed by atoms with Crippen LogP contribution in [0.25, 0.3) is 0 Å². The zero-order valence-corrected chi connectivity index (χ0v) is 14.1. The van der Waals surface area contributed by atoms with Crippen LogP contribution >= 0.6 is 0 Å². The number of amides is 2. The first-order valence-corrected chi connectivity index (χ1v) is 7.14. The van der Waals surface area contributed by atoms with Gasteiger partial charge in [-0.25, -0.2) is 22.4 Å². The maximum absolute atomic E-state index is 14.1. The van der Waals surface area contributed by atoms with Crippen molar-refractivity contribution in [1.82, 2.24) is 4.90 Å². The van der Waals surface area contributed by atoms with Gasteiger partial charge in [0.25, 0.3) is 6.43 Å². The lowest BCUT2D eigenvalue weighted by Crippen LogP contribution is -2.41. The van der Waals surface area contributed by atoms with Crippen molar-refractivity contribution in [3.8, 4) is 5.75 Å². The summed E-state index contributed by atoms with van der Waals surface area (Å²) in [7, 11) is 4.04. The minimum Gasteiger partial charge on any atom is -0.407 e. The molecule has 2 N–H and O–H groups in total. The van der Waals surface area contributed by atoms with Gasteiger partial charge in [-0.3, -0.25) is 4.79 Å². The molecule has 10 heteroatoms. The maximum Gasteiger partial charge on any atom is 0.410 e. The fraction of sp³-hybridized carbons (Fsp3) is 0.467. The van der Waals surface area contributed by atoms with E-state index in [0.29, 0.717) is 0 Å². The van der Waals surface area contributed by atoms with Crippen LogP contribution in [0.5, 0.6) is 5.75 Å². The van der Waals surface area contributed by atoms with Gasteiger partial charge in [-0.05, 0) is 18.6 Å². The Labute approximate surface area is 142 Å². The van der Waals surface area contributed by atoms with Gasteiger partial charge in [0.2, 0.25) is 12.2 Å². The topological polar surface area (TPSA) is 75.9 Å². The van der Waals surface area contributed by atoms with Gasteiger partial charge in [0.1, 0.15) is 0 Å². The number of hydrogen-bond donors (Lipinski definition) is 1. The molecular formula is C15H19F4N3O3. The first-order chi connectivity index (χ1) is 11.5. The summed E-state index contributed by atoms with van der Waals surface area (Å²) in [5.74, 6) is -3.52. The van der Waals surface area contributed by atoms with Gasteiger partial charge in [0.15, 0.2) is 11.6 Å². The van der Waals surface area contributed by atoms with Gasteiger partial charge in [-0.15, -0.1) is 0 Å². The molecule has 1 aromatic carbocycles. The first-order valence-electron chi connectivity index (χ1n) is 7.14. The Morgan fingerprint density at radius 3 is 2.16 bits per heavy atom. The fourth-order valence-electron chi connectivity index (χ4n) is 2.21. The largest absolute Gasteiger partial charge is 0.410 e. The zero-order valence-electron chi connectivity index (χ0n) is 14.1. The van der Waals surface area contributed by atoms with Crippen LogP contribution in [0.15, 0.2) is 12.1 Å². The van der Waals surface area contributed by atoms with Crippen molar-refractivity contribution in [2.75, 3.05) is 26.0 Å². The molecule has 2 unspecified atom stereocenters. The molecule has 140 valence electrons. The Morgan fingerprint density at radius 1 is 1.16 bits per heavy atom. The van der Waals surface area contributed by atoms with Crippen molar-refractivity contribution in [2.45, 2.75) is 25.6 Å². The SMILES string of the molecule is CC(C(=O)N(C)C(F)C(F)F)c1cc(F)c(OC(N)=O)cc1N(C)C. The number of rotatable bonds is 6. The van der Waals surface area contributed by atoms with Gasteiger partial charge in [0.05, 0.1) is 5.92 Å². The van der Waals surface area contributed by atoms with Crippen molar-refractivity contribution >= 4 is 17.7 Å². The predicted molar refractivity (Wildman–Crippen MR) is 83.0 cm³/mol. The molecule has 0 fully saturated rings. The number of likely N-dealkylation sites (N-methyl/N-ethyl adjacent to an activating group) is 1. The lowest BCUT2D eigenvalue weighted by atomic mass is 9.96. The number of hydrogen-bond acceptors (Lipinski definition) is 4. The molecule has 0 heterocycles. The van der Waals surface area contributed by atoms with Crippen LogP contribution in [0.2, 0.25) is 0 Å². The molecule has 6 nitrogen and oxygen atoms in total. The molecule has 0 bridgehead atoms. The van der Waals surface area contributed by atoms with Gasteiger partial charge in [0, 0.05) is 32.9 Å². The van der Waals surface area contributed by atoms with E-state index in [2.05, 4.69) is 4.74 Å². The van der Waals surface area contributed by atoms with Crippen LogP contribution < -0.4 is 15.4 Å². The third-order valence-electron chi connectivity index (χ3n) is 3.54. The highest BCUT2D eigenvalue weighted by Crippen LogP contribution is 2.34. The standard InChI is InChI=1S/C15H19F4N3O3/c1-7(14(23)22(4)13(19)12(17)18)8-5-9(16)11(25-15(20)24)6-10(8)21(2)3/h5-7,12-13H,1-4H3,(H2,20,24). The average Bonchev–Trinajstić information content (AvgIpc) is 2.52. The summed E-state index contributed by atoms with van der Waals surface area (Å²) in [4.78, 5) is 24.8. The van der Waals surface area contributed by atoms with E-state index in [1.807, 2.05) is 0 Å². The van der Waals surface area contributed by atoms with Crippen molar-refractivity contribution < 1.29 is 31.9 Å². The van der Waals surface area contributed by atoms with E-state index < -0.39 is 42.2 Å². The Bertz CT molecular complexity index is 655. The number of anilines is 1. The van der Waals surface area contributed by atoms with E-state index in [-0.39, 0.29) is 16.2 Å². The number of ether oxygens (including phenoxy) is 1. The summed E-state index contributed by atoms with van der Waals surface area (Å²) >= 11 is 0. The molecule has 25 heavy (non-hydrogen) atoms. The maximum atomic E-state index is 14.1. The molecule has 1 rings (SSSR count). The van der Waals surface area contributed by atoms with E-state index in [1.165, 1.54) is 11.8 Å². The summed E-state index contributed by atoms with van der Waals surface area (Å²) in [5.41, 5.74) is 5.24. The molecule has 1 aromatic rings. The van der Waals surface area contributed by atoms with Crippen LogP contribution in [0.1, 0.15) is 18.4 Å². The van der Waals surface area contributed by atoms with E-state index in [4.69, 9.17) is 5.73 Å². The minimum absolute atomic E-state index is 0.109. The monoisotopic (exact) mass is 365 g/mol. The van der Waals surface area contributed by atoms with Crippen molar-refractivity contribution in [2.24, 2.45) is 5.73 Å². The highest BCUT2D eigenvalue weighted by Gasteiger charge is 2.32. The molecule has 0 spiro atoms. The van der Waals surface area contributed by atoms with Crippen LogP contribution in [0.4, 0.5) is 28.0 Å². The summed E-state index contributed by atoms with van der Waals surface area (Å²) in [6, 6.07) is 2.05. The molecule has 0 saturated heterocycles. The molecule has 0 aliphatic carbocycles. The molecule has 0 aliphatic rings. The zero-order chi connectivity index (χ0) is 19.5. The van der Waals surface area contributed by atoms with Gasteiger partial charge in [-0.2, -0.15) is 0 Å². The number of alkyl halides is 3. The summed E-state index contributed by atoms with van der Waals surface area (Å²) in [6.45, 7) is 1.33. The second-order valence-electron chi connectivity index (χ2n) is 5.53.